The number of carbonyl (C=O) groups is 2. The van der Waals surface area contributed by atoms with Gasteiger partial charge in [-0.3, -0.25) is 9.59 Å². The quantitative estimate of drug-likeness (QED) is 0.831. The van der Waals surface area contributed by atoms with Crippen LogP contribution in [-0.4, -0.2) is 16.9 Å². The number of aliphatic carboxylic acids is 1. The van der Waals surface area contributed by atoms with Gasteiger partial charge in [0.15, 0.2) is 0 Å². The van der Waals surface area contributed by atoms with Crippen molar-refractivity contribution in [2.45, 2.75) is 24.7 Å². The van der Waals surface area contributed by atoms with E-state index in [1.807, 2.05) is 0 Å². The maximum absolute atomic E-state index is 12.8. The SMILES string of the molecule is O=C1CCC(C(=O)O)(c2ccc(F)cc2)C1. The van der Waals surface area contributed by atoms with E-state index in [1.54, 1.807) is 0 Å². The molecule has 0 bridgehead atoms. The molecule has 1 aliphatic rings. The summed E-state index contributed by atoms with van der Waals surface area (Å²) in [5.74, 6) is -1.47. The van der Waals surface area contributed by atoms with Crippen LogP contribution in [0.4, 0.5) is 4.39 Å². The van der Waals surface area contributed by atoms with Gasteiger partial charge < -0.3 is 5.11 Å². The minimum atomic E-state index is -1.15. The second kappa shape index (κ2) is 3.70. The lowest BCUT2D eigenvalue weighted by atomic mass is 9.79. The summed E-state index contributed by atoms with van der Waals surface area (Å²) in [7, 11) is 0. The van der Waals surface area contributed by atoms with Crippen LogP contribution in [0.25, 0.3) is 0 Å². The molecule has 1 N–H and O–H groups in total. The Hall–Kier alpha value is -1.71. The highest BCUT2D eigenvalue weighted by Gasteiger charge is 2.46. The smallest absolute Gasteiger partial charge is 0.314 e. The summed E-state index contributed by atoms with van der Waals surface area (Å²) >= 11 is 0. The summed E-state index contributed by atoms with van der Waals surface area (Å²) in [6.07, 6.45) is 0.588. The number of carboxylic acid groups (broad SMARTS) is 1. The van der Waals surface area contributed by atoms with Gasteiger partial charge in [0.1, 0.15) is 11.6 Å². The summed E-state index contributed by atoms with van der Waals surface area (Å²) in [5.41, 5.74) is -0.641. The van der Waals surface area contributed by atoms with Gasteiger partial charge in [-0.1, -0.05) is 12.1 Å². The first-order valence-electron chi connectivity index (χ1n) is 5.06. The van der Waals surface area contributed by atoms with Crippen LogP contribution in [0, 0.1) is 5.82 Å². The fourth-order valence-corrected chi connectivity index (χ4v) is 2.19. The van der Waals surface area contributed by atoms with Crippen molar-refractivity contribution in [3.05, 3.63) is 35.6 Å². The Labute approximate surface area is 91.9 Å². The molecule has 4 heteroatoms. The molecule has 1 saturated carbocycles. The zero-order valence-electron chi connectivity index (χ0n) is 8.57. The van der Waals surface area contributed by atoms with E-state index in [4.69, 9.17) is 0 Å². The van der Waals surface area contributed by atoms with Crippen LogP contribution in [0.2, 0.25) is 0 Å². The zero-order chi connectivity index (χ0) is 11.8. The Morgan fingerprint density at radius 3 is 2.38 bits per heavy atom. The molecule has 1 unspecified atom stereocenters. The Morgan fingerprint density at radius 2 is 1.94 bits per heavy atom. The number of hydrogen-bond acceptors (Lipinski definition) is 2. The predicted octanol–water partition coefficient (Wildman–Crippen LogP) is 1.90. The van der Waals surface area contributed by atoms with Crippen molar-refractivity contribution in [2.75, 3.05) is 0 Å². The zero-order valence-corrected chi connectivity index (χ0v) is 8.57. The minimum absolute atomic E-state index is 0.00790. The minimum Gasteiger partial charge on any atom is -0.481 e. The average molecular weight is 222 g/mol. The summed E-state index contributed by atoms with van der Waals surface area (Å²) in [6, 6.07) is 5.34. The third kappa shape index (κ3) is 1.60. The second-order valence-electron chi connectivity index (χ2n) is 4.11. The van der Waals surface area contributed by atoms with Crippen LogP contribution >= 0.6 is 0 Å². The summed E-state index contributed by atoms with van der Waals surface area (Å²) in [5, 5.41) is 9.26. The lowest BCUT2D eigenvalue weighted by molar-refractivity contribution is -0.144. The number of carbonyl (C=O) groups excluding carboxylic acids is 1. The van der Waals surface area contributed by atoms with Gasteiger partial charge in [0.25, 0.3) is 0 Å². The number of benzene rings is 1. The van der Waals surface area contributed by atoms with Crippen molar-refractivity contribution in [3.8, 4) is 0 Å². The molecule has 0 spiro atoms. The third-order valence-corrected chi connectivity index (χ3v) is 3.14. The van der Waals surface area contributed by atoms with Gasteiger partial charge in [-0.2, -0.15) is 0 Å². The Kier molecular flexibility index (Phi) is 2.50. The second-order valence-corrected chi connectivity index (χ2v) is 4.11. The van der Waals surface area contributed by atoms with Crippen LogP contribution in [0.3, 0.4) is 0 Å². The first kappa shape index (κ1) is 10.8. The van der Waals surface area contributed by atoms with E-state index >= 15 is 0 Å². The third-order valence-electron chi connectivity index (χ3n) is 3.14. The molecule has 1 fully saturated rings. The normalized spacial score (nSPS) is 24.7. The average Bonchev–Trinajstić information content (AvgIpc) is 2.63. The number of Topliss-reactive ketones (excluding diaryl/α,β-unsaturated/α-hetero) is 1. The van der Waals surface area contributed by atoms with Gasteiger partial charge in [-0.05, 0) is 24.1 Å². The lowest BCUT2D eigenvalue weighted by Crippen LogP contribution is -2.33. The van der Waals surface area contributed by atoms with Gasteiger partial charge in [-0.25, -0.2) is 4.39 Å². The summed E-state index contributed by atoms with van der Waals surface area (Å²) in [6.45, 7) is 0. The highest BCUT2D eigenvalue weighted by molar-refractivity contribution is 5.94. The Morgan fingerprint density at radius 1 is 1.31 bits per heavy atom. The van der Waals surface area contributed by atoms with Crippen LogP contribution < -0.4 is 0 Å². The number of ketones is 1. The van der Waals surface area contributed by atoms with E-state index in [2.05, 4.69) is 0 Å². The van der Waals surface area contributed by atoms with Crippen LogP contribution in [-0.2, 0) is 15.0 Å². The van der Waals surface area contributed by atoms with Gasteiger partial charge in [0, 0.05) is 12.8 Å². The van der Waals surface area contributed by atoms with Crippen molar-refractivity contribution in [1.29, 1.82) is 0 Å². The van der Waals surface area contributed by atoms with Gasteiger partial charge >= 0.3 is 5.97 Å². The summed E-state index contributed by atoms with van der Waals surface area (Å²) in [4.78, 5) is 22.6. The maximum Gasteiger partial charge on any atom is 0.314 e. The van der Waals surface area contributed by atoms with E-state index in [9.17, 15) is 19.1 Å². The van der Waals surface area contributed by atoms with Gasteiger partial charge in [0.05, 0.1) is 5.41 Å². The Bertz CT molecular complexity index is 438. The van der Waals surface area contributed by atoms with E-state index in [-0.39, 0.29) is 18.6 Å². The van der Waals surface area contributed by atoms with E-state index in [0.717, 1.165) is 0 Å². The molecule has 1 atom stereocenters. The van der Waals surface area contributed by atoms with Crippen molar-refractivity contribution in [1.82, 2.24) is 0 Å². The molecule has 0 heterocycles. The molecular formula is C12H11FO3. The van der Waals surface area contributed by atoms with Crippen molar-refractivity contribution in [2.24, 2.45) is 0 Å². The van der Waals surface area contributed by atoms with Crippen LogP contribution in [0.1, 0.15) is 24.8 Å². The summed E-state index contributed by atoms with van der Waals surface area (Å²) < 4.78 is 12.8. The van der Waals surface area contributed by atoms with E-state index in [1.165, 1.54) is 24.3 Å². The molecule has 0 saturated heterocycles. The molecule has 0 amide bonds. The molecule has 0 aromatic heterocycles. The molecule has 84 valence electrons. The largest absolute Gasteiger partial charge is 0.481 e. The molecule has 1 aromatic carbocycles. The standard InChI is InChI=1S/C12H11FO3/c13-9-3-1-8(2-4-9)12(11(15)16)6-5-10(14)7-12/h1-4H,5-7H2,(H,15,16). The topological polar surface area (TPSA) is 54.4 Å². The fraction of sp³-hybridized carbons (Fsp3) is 0.333. The molecule has 16 heavy (non-hydrogen) atoms. The number of rotatable bonds is 2. The first-order valence-corrected chi connectivity index (χ1v) is 5.06. The predicted molar refractivity (Wildman–Crippen MR) is 54.6 cm³/mol. The van der Waals surface area contributed by atoms with Crippen molar-refractivity contribution in [3.63, 3.8) is 0 Å². The molecule has 1 aliphatic carbocycles. The Balaban J connectivity index is 2.44. The maximum atomic E-state index is 12.8. The highest BCUT2D eigenvalue weighted by atomic mass is 19.1. The number of halogens is 1. The molecule has 2 rings (SSSR count). The lowest BCUT2D eigenvalue weighted by Gasteiger charge is -2.23. The number of carboxylic acids is 1. The molecule has 0 aliphatic heterocycles. The first-order chi connectivity index (χ1) is 7.54. The van der Waals surface area contributed by atoms with Crippen LogP contribution in [0.5, 0.6) is 0 Å². The molecule has 1 aromatic rings. The monoisotopic (exact) mass is 222 g/mol. The molecule has 0 radical (unpaired) electrons. The van der Waals surface area contributed by atoms with Gasteiger partial charge in [0.2, 0.25) is 0 Å². The highest BCUT2D eigenvalue weighted by Crippen LogP contribution is 2.39. The molecular weight excluding hydrogens is 211 g/mol. The number of hydrogen-bond donors (Lipinski definition) is 1. The van der Waals surface area contributed by atoms with Crippen LogP contribution in [0.15, 0.2) is 24.3 Å². The van der Waals surface area contributed by atoms with E-state index in [0.29, 0.717) is 12.0 Å². The van der Waals surface area contributed by atoms with Crippen molar-refractivity contribution < 1.29 is 19.1 Å². The van der Waals surface area contributed by atoms with Gasteiger partial charge in [-0.15, -0.1) is 0 Å². The van der Waals surface area contributed by atoms with E-state index < -0.39 is 17.2 Å². The molecule has 3 nitrogen and oxygen atoms in total. The fourth-order valence-electron chi connectivity index (χ4n) is 2.19. The van der Waals surface area contributed by atoms with Crippen molar-refractivity contribution >= 4 is 11.8 Å².